The summed E-state index contributed by atoms with van der Waals surface area (Å²) in [6, 6.07) is 12.9. The van der Waals surface area contributed by atoms with Gasteiger partial charge in [0.15, 0.2) is 0 Å². The van der Waals surface area contributed by atoms with E-state index < -0.39 is 5.60 Å². The normalized spacial score (nSPS) is 18.5. The molecule has 1 aliphatic heterocycles. The zero-order valence-corrected chi connectivity index (χ0v) is 15.8. The van der Waals surface area contributed by atoms with Crippen molar-refractivity contribution in [3.05, 3.63) is 71.3 Å². The van der Waals surface area contributed by atoms with Crippen molar-refractivity contribution >= 4 is 12.4 Å². The largest absolute Gasteiger partial charge is 0.361 e. The average Bonchev–Trinajstić information content (AvgIpc) is 3.05. The van der Waals surface area contributed by atoms with Gasteiger partial charge in [-0.25, -0.2) is 8.78 Å². The SMILES string of the molecule is CCCCNCC1CCC(c2ccc(F)cc2)(c2ccc(F)cc2)O1.Cl. The van der Waals surface area contributed by atoms with Gasteiger partial charge in [0.25, 0.3) is 0 Å². The molecule has 0 bridgehead atoms. The van der Waals surface area contributed by atoms with Crippen LogP contribution in [0.15, 0.2) is 48.5 Å². The number of halogens is 3. The highest BCUT2D eigenvalue weighted by atomic mass is 35.5. The Morgan fingerprint density at radius 1 is 1.00 bits per heavy atom. The highest BCUT2D eigenvalue weighted by Crippen LogP contribution is 2.44. The number of nitrogens with one attached hydrogen (secondary N) is 1. The number of hydrogen-bond acceptors (Lipinski definition) is 2. The van der Waals surface area contributed by atoms with Crippen molar-refractivity contribution in [2.24, 2.45) is 0 Å². The first-order valence-corrected chi connectivity index (χ1v) is 9.04. The Kier molecular flexibility index (Phi) is 7.56. The van der Waals surface area contributed by atoms with Crippen LogP contribution in [0, 0.1) is 11.6 Å². The van der Waals surface area contributed by atoms with Crippen molar-refractivity contribution in [2.45, 2.75) is 44.3 Å². The van der Waals surface area contributed by atoms with E-state index in [0.29, 0.717) is 0 Å². The Hall–Kier alpha value is -1.49. The van der Waals surface area contributed by atoms with Gasteiger partial charge in [-0.1, -0.05) is 37.6 Å². The zero-order valence-electron chi connectivity index (χ0n) is 15.0. The van der Waals surface area contributed by atoms with Gasteiger partial charge >= 0.3 is 0 Å². The lowest BCUT2D eigenvalue weighted by atomic mass is 9.84. The third-order valence-corrected chi connectivity index (χ3v) is 4.89. The minimum Gasteiger partial charge on any atom is -0.361 e. The Morgan fingerprint density at radius 3 is 2.04 bits per heavy atom. The first-order valence-electron chi connectivity index (χ1n) is 9.04. The van der Waals surface area contributed by atoms with E-state index in [1.807, 2.05) is 0 Å². The minimum absolute atomic E-state index is 0. The molecule has 0 aromatic heterocycles. The zero-order chi connectivity index (χ0) is 17.7. The Morgan fingerprint density at radius 2 is 1.54 bits per heavy atom. The van der Waals surface area contributed by atoms with E-state index in [-0.39, 0.29) is 30.1 Å². The Balaban J connectivity index is 0.00000243. The molecule has 1 saturated heterocycles. The fourth-order valence-corrected chi connectivity index (χ4v) is 3.50. The van der Waals surface area contributed by atoms with Crippen molar-refractivity contribution in [1.29, 1.82) is 0 Å². The van der Waals surface area contributed by atoms with Crippen molar-refractivity contribution in [3.63, 3.8) is 0 Å². The summed E-state index contributed by atoms with van der Waals surface area (Å²) in [6.07, 6.45) is 4.10. The second-order valence-corrected chi connectivity index (χ2v) is 6.68. The highest BCUT2D eigenvalue weighted by molar-refractivity contribution is 5.85. The first kappa shape index (κ1) is 20.8. The molecule has 0 radical (unpaired) electrons. The fraction of sp³-hybridized carbons (Fsp3) is 0.429. The molecular weight excluding hydrogens is 356 g/mol. The molecule has 0 amide bonds. The summed E-state index contributed by atoms with van der Waals surface area (Å²) < 4.78 is 33.2. The van der Waals surface area contributed by atoms with E-state index in [0.717, 1.165) is 49.9 Å². The molecule has 5 heteroatoms. The van der Waals surface area contributed by atoms with Crippen LogP contribution < -0.4 is 5.32 Å². The highest BCUT2D eigenvalue weighted by Gasteiger charge is 2.43. The molecule has 2 aromatic rings. The van der Waals surface area contributed by atoms with Crippen LogP contribution in [0.1, 0.15) is 43.7 Å². The Bertz CT molecular complexity index is 630. The predicted molar refractivity (Wildman–Crippen MR) is 103 cm³/mol. The molecule has 0 saturated carbocycles. The van der Waals surface area contributed by atoms with Crippen molar-refractivity contribution in [2.75, 3.05) is 13.1 Å². The van der Waals surface area contributed by atoms with E-state index in [9.17, 15) is 8.78 Å². The summed E-state index contributed by atoms with van der Waals surface area (Å²) in [5.41, 5.74) is 1.19. The van der Waals surface area contributed by atoms with E-state index in [1.54, 1.807) is 24.3 Å². The summed E-state index contributed by atoms with van der Waals surface area (Å²) in [5.74, 6) is -0.539. The maximum absolute atomic E-state index is 13.4. The topological polar surface area (TPSA) is 21.3 Å². The second kappa shape index (κ2) is 9.45. The lowest BCUT2D eigenvalue weighted by Crippen LogP contribution is -2.32. The number of benzene rings is 2. The van der Waals surface area contributed by atoms with Crippen LogP contribution in [0.5, 0.6) is 0 Å². The summed E-state index contributed by atoms with van der Waals surface area (Å²) in [6.45, 7) is 3.95. The third kappa shape index (κ3) is 4.61. The van der Waals surface area contributed by atoms with Gasteiger partial charge in [0.05, 0.1) is 6.10 Å². The van der Waals surface area contributed by atoms with E-state index in [4.69, 9.17) is 4.74 Å². The number of hydrogen-bond donors (Lipinski definition) is 1. The molecule has 0 spiro atoms. The lowest BCUT2D eigenvalue weighted by Gasteiger charge is -2.31. The maximum atomic E-state index is 13.4. The quantitative estimate of drug-likeness (QED) is 0.665. The van der Waals surface area contributed by atoms with E-state index in [2.05, 4.69) is 12.2 Å². The molecule has 1 heterocycles. The molecule has 26 heavy (non-hydrogen) atoms. The van der Waals surface area contributed by atoms with Gasteiger partial charge < -0.3 is 10.1 Å². The van der Waals surface area contributed by atoms with Crippen LogP contribution in [0.2, 0.25) is 0 Å². The Labute approximate surface area is 160 Å². The molecule has 2 nitrogen and oxygen atoms in total. The first-order chi connectivity index (χ1) is 12.1. The number of ether oxygens (including phenoxy) is 1. The van der Waals surface area contributed by atoms with Crippen molar-refractivity contribution in [3.8, 4) is 0 Å². The molecule has 1 atom stereocenters. The predicted octanol–water partition coefficient (Wildman–Crippen LogP) is 5.20. The van der Waals surface area contributed by atoms with Gasteiger partial charge in [0.2, 0.25) is 0 Å². The third-order valence-electron chi connectivity index (χ3n) is 4.89. The molecule has 1 unspecified atom stereocenters. The fourth-order valence-electron chi connectivity index (χ4n) is 3.50. The molecule has 0 aliphatic carbocycles. The van der Waals surface area contributed by atoms with Crippen LogP contribution in [0.25, 0.3) is 0 Å². The second-order valence-electron chi connectivity index (χ2n) is 6.68. The van der Waals surface area contributed by atoms with Crippen LogP contribution in [0.3, 0.4) is 0 Å². The van der Waals surface area contributed by atoms with Gasteiger partial charge in [0, 0.05) is 6.54 Å². The molecule has 142 valence electrons. The van der Waals surface area contributed by atoms with Gasteiger partial charge in [-0.05, 0) is 61.2 Å². The minimum atomic E-state index is -0.640. The van der Waals surface area contributed by atoms with Gasteiger partial charge in [-0.2, -0.15) is 0 Å². The summed E-state index contributed by atoms with van der Waals surface area (Å²) in [7, 11) is 0. The van der Waals surface area contributed by atoms with Crippen LogP contribution in [-0.4, -0.2) is 19.2 Å². The van der Waals surface area contributed by atoms with Crippen LogP contribution >= 0.6 is 12.4 Å². The molecule has 3 rings (SSSR count). The van der Waals surface area contributed by atoms with E-state index in [1.165, 1.54) is 24.3 Å². The van der Waals surface area contributed by atoms with Crippen LogP contribution in [-0.2, 0) is 10.3 Å². The molecule has 2 aromatic carbocycles. The van der Waals surface area contributed by atoms with Crippen molar-refractivity contribution < 1.29 is 13.5 Å². The molecule has 1 N–H and O–H groups in total. The van der Waals surface area contributed by atoms with Crippen molar-refractivity contribution in [1.82, 2.24) is 5.32 Å². The summed E-state index contributed by atoms with van der Waals surface area (Å²) in [5, 5.41) is 3.44. The average molecular weight is 382 g/mol. The standard InChI is InChI=1S/C21H25F2NO.ClH/c1-2-3-14-24-15-20-12-13-21(25-20,16-4-8-18(22)9-5-16)17-6-10-19(23)11-7-17;/h4-11,20,24H,2-3,12-15H2,1H3;1H. The monoisotopic (exact) mass is 381 g/mol. The van der Waals surface area contributed by atoms with Gasteiger partial charge in [0.1, 0.15) is 17.2 Å². The molecule has 1 fully saturated rings. The lowest BCUT2D eigenvalue weighted by molar-refractivity contribution is -0.0156. The van der Waals surface area contributed by atoms with Gasteiger partial charge in [-0.15, -0.1) is 12.4 Å². The van der Waals surface area contributed by atoms with Crippen LogP contribution in [0.4, 0.5) is 8.78 Å². The maximum Gasteiger partial charge on any atom is 0.123 e. The van der Waals surface area contributed by atoms with Gasteiger partial charge in [-0.3, -0.25) is 0 Å². The smallest absolute Gasteiger partial charge is 0.123 e. The molecule has 1 aliphatic rings. The number of unbranched alkanes of at least 4 members (excludes halogenated alkanes) is 1. The van der Waals surface area contributed by atoms with E-state index >= 15 is 0 Å². The molecular formula is C21H26ClF2NO. The number of rotatable bonds is 7. The summed E-state index contributed by atoms with van der Waals surface area (Å²) in [4.78, 5) is 0. The summed E-state index contributed by atoms with van der Waals surface area (Å²) >= 11 is 0.